The van der Waals surface area contributed by atoms with Crippen LogP contribution in [-0.4, -0.2) is 47.7 Å². The van der Waals surface area contributed by atoms with Gasteiger partial charge in [-0.15, -0.1) is 11.3 Å². The van der Waals surface area contributed by atoms with E-state index in [9.17, 15) is 4.79 Å². The topological polar surface area (TPSA) is 70.2 Å². The van der Waals surface area contributed by atoms with Crippen molar-refractivity contribution < 1.29 is 4.74 Å². The van der Waals surface area contributed by atoms with Crippen LogP contribution in [0.4, 0.5) is 0 Å². The van der Waals surface area contributed by atoms with Gasteiger partial charge in [0.2, 0.25) is 0 Å². The smallest absolute Gasteiger partial charge is 0.260 e. The lowest BCUT2D eigenvalue weighted by molar-refractivity contribution is 0.0333. The van der Waals surface area contributed by atoms with Gasteiger partial charge in [-0.1, -0.05) is 59.6 Å². The number of nitrogens with one attached hydrogen (secondary N) is 2. The maximum Gasteiger partial charge on any atom is 0.260 e. The number of hydrogen-bond donors (Lipinski definition) is 2. The van der Waals surface area contributed by atoms with Crippen molar-refractivity contribution in [2.75, 3.05) is 32.8 Å². The van der Waals surface area contributed by atoms with Crippen LogP contribution in [0.15, 0.2) is 58.7 Å². The number of thiophene rings is 1. The lowest BCUT2D eigenvalue weighted by Gasteiger charge is -2.31. The fourth-order valence-electron chi connectivity index (χ4n) is 4.30. The summed E-state index contributed by atoms with van der Waals surface area (Å²) in [4.78, 5) is 23.9. The van der Waals surface area contributed by atoms with E-state index in [1.165, 1.54) is 22.5 Å². The molecule has 0 aliphatic carbocycles. The first-order valence-electron chi connectivity index (χ1n) is 11.4. The predicted molar refractivity (Wildman–Crippen MR) is 139 cm³/mol. The first-order chi connectivity index (χ1) is 16.6. The van der Waals surface area contributed by atoms with Crippen molar-refractivity contribution >= 4 is 33.2 Å². The number of fused-ring (bicyclic) bond motifs is 1. The quantitative estimate of drug-likeness (QED) is 0.387. The minimum absolute atomic E-state index is 0.113. The second kappa shape index (κ2) is 10.4. The summed E-state index contributed by atoms with van der Waals surface area (Å²) >= 11 is 7.85. The average Bonchev–Trinajstić information content (AvgIpc) is 3.28. The van der Waals surface area contributed by atoms with Crippen molar-refractivity contribution in [3.8, 4) is 11.1 Å². The van der Waals surface area contributed by atoms with E-state index >= 15 is 0 Å². The molecule has 1 atom stereocenters. The van der Waals surface area contributed by atoms with Gasteiger partial charge in [0.25, 0.3) is 5.56 Å². The van der Waals surface area contributed by atoms with E-state index in [0.717, 1.165) is 48.8 Å². The third kappa shape index (κ3) is 5.09. The molecule has 1 aliphatic rings. The molecule has 0 radical (unpaired) electrons. The monoisotopic (exact) mass is 494 g/mol. The number of aryl methyl sites for hydroxylation is 1. The molecule has 1 fully saturated rings. The van der Waals surface area contributed by atoms with E-state index in [2.05, 4.69) is 46.4 Å². The Labute approximate surface area is 207 Å². The lowest BCUT2D eigenvalue weighted by atomic mass is 10.0. The number of halogens is 1. The first kappa shape index (κ1) is 23.2. The molecule has 3 heterocycles. The van der Waals surface area contributed by atoms with Gasteiger partial charge in [0, 0.05) is 47.2 Å². The summed E-state index contributed by atoms with van der Waals surface area (Å²) in [5.74, 6) is 0.629. The van der Waals surface area contributed by atoms with Gasteiger partial charge in [0.15, 0.2) is 0 Å². The highest BCUT2D eigenvalue weighted by molar-refractivity contribution is 7.17. The van der Waals surface area contributed by atoms with Crippen LogP contribution in [0.1, 0.15) is 23.0 Å². The summed E-state index contributed by atoms with van der Waals surface area (Å²) in [5.41, 5.74) is 3.98. The van der Waals surface area contributed by atoms with Crippen LogP contribution < -0.4 is 10.9 Å². The Bertz CT molecular complexity index is 1330. The number of H-pyrrole nitrogens is 1. The molecule has 6 nitrogen and oxygen atoms in total. The van der Waals surface area contributed by atoms with Gasteiger partial charge in [-0.2, -0.15) is 0 Å². The van der Waals surface area contributed by atoms with E-state index < -0.39 is 0 Å². The summed E-state index contributed by atoms with van der Waals surface area (Å²) < 4.78 is 5.51. The minimum Gasteiger partial charge on any atom is -0.379 e. The second-order valence-corrected chi connectivity index (χ2v) is 9.84. The Morgan fingerprint density at radius 2 is 1.91 bits per heavy atom. The van der Waals surface area contributed by atoms with Crippen molar-refractivity contribution in [2.24, 2.45) is 0 Å². The molecule has 176 valence electrons. The van der Waals surface area contributed by atoms with Gasteiger partial charge < -0.3 is 15.0 Å². The highest BCUT2D eigenvalue weighted by Crippen LogP contribution is 2.34. The summed E-state index contributed by atoms with van der Waals surface area (Å²) in [5, 5.41) is 6.79. The van der Waals surface area contributed by atoms with E-state index in [4.69, 9.17) is 21.3 Å². The van der Waals surface area contributed by atoms with Crippen molar-refractivity contribution in [2.45, 2.75) is 19.5 Å². The number of aromatic nitrogens is 2. The Morgan fingerprint density at radius 1 is 1.15 bits per heavy atom. The zero-order chi connectivity index (χ0) is 23.5. The highest BCUT2D eigenvalue weighted by Gasteiger charge is 2.19. The van der Waals surface area contributed by atoms with Crippen molar-refractivity contribution in [1.82, 2.24) is 20.2 Å². The SMILES string of the molecule is Cc1ccc(C(CN2CCOCC2)NCc2nc3scc(-c4ccccc4Cl)c3c(=O)[nH]2)cc1. The molecule has 34 heavy (non-hydrogen) atoms. The molecule has 2 aromatic heterocycles. The van der Waals surface area contributed by atoms with Gasteiger partial charge in [0.05, 0.1) is 25.1 Å². The number of morpholine rings is 1. The van der Waals surface area contributed by atoms with E-state index in [1.807, 2.05) is 29.6 Å². The van der Waals surface area contributed by atoms with Gasteiger partial charge in [-0.05, 0) is 18.6 Å². The van der Waals surface area contributed by atoms with E-state index in [1.54, 1.807) is 0 Å². The largest absolute Gasteiger partial charge is 0.379 e. The molecule has 1 aliphatic heterocycles. The number of benzene rings is 2. The highest BCUT2D eigenvalue weighted by atomic mass is 35.5. The normalized spacial score (nSPS) is 15.6. The predicted octanol–water partition coefficient (Wildman–Crippen LogP) is 4.78. The molecule has 0 bridgehead atoms. The fraction of sp³-hybridized carbons (Fsp3) is 0.308. The summed E-state index contributed by atoms with van der Waals surface area (Å²) in [6.07, 6.45) is 0. The minimum atomic E-state index is -0.141. The Morgan fingerprint density at radius 3 is 2.68 bits per heavy atom. The fourth-order valence-corrected chi connectivity index (χ4v) is 5.50. The van der Waals surface area contributed by atoms with Gasteiger partial charge >= 0.3 is 0 Å². The number of nitrogens with zero attached hydrogens (tertiary/aromatic N) is 2. The molecule has 0 saturated carbocycles. The molecule has 0 spiro atoms. The summed E-state index contributed by atoms with van der Waals surface area (Å²) in [6.45, 7) is 6.80. The molecule has 1 unspecified atom stereocenters. The van der Waals surface area contributed by atoms with Crippen LogP contribution in [0.5, 0.6) is 0 Å². The van der Waals surface area contributed by atoms with Crippen LogP contribution in [0, 0.1) is 6.92 Å². The van der Waals surface area contributed by atoms with Crippen molar-refractivity contribution in [1.29, 1.82) is 0 Å². The van der Waals surface area contributed by atoms with Gasteiger partial charge in [-0.3, -0.25) is 9.69 Å². The molecule has 0 amide bonds. The lowest BCUT2D eigenvalue weighted by Crippen LogP contribution is -2.42. The molecule has 5 rings (SSSR count). The first-order valence-corrected chi connectivity index (χ1v) is 12.7. The molecule has 8 heteroatoms. The van der Waals surface area contributed by atoms with E-state index in [-0.39, 0.29) is 11.6 Å². The maximum absolute atomic E-state index is 13.1. The Kier molecular flexibility index (Phi) is 7.08. The van der Waals surface area contributed by atoms with Crippen LogP contribution in [0.3, 0.4) is 0 Å². The molecular formula is C26H27ClN4O2S. The summed E-state index contributed by atoms with van der Waals surface area (Å²) in [6, 6.07) is 16.3. The second-order valence-electron chi connectivity index (χ2n) is 8.58. The molecular weight excluding hydrogens is 468 g/mol. The van der Waals surface area contributed by atoms with Crippen LogP contribution >= 0.6 is 22.9 Å². The third-order valence-electron chi connectivity index (χ3n) is 6.20. The van der Waals surface area contributed by atoms with Crippen LogP contribution in [-0.2, 0) is 11.3 Å². The van der Waals surface area contributed by atoms with Gasteiger partial charge in [0.1, 0.15) is 10.7 Å². The van der Waals surface area contributed by atoms with Gasteiger partial charge in [-0.25, -0.2) is 4.98 Å². The Hall–Kier alpha value is -2.55. The zero-order valence-electron chi connectivity index (χ0n) is 19.0. The molecule has 2 aromatic carbocycles. The summed E-state index contributed by atoms with van der Waals surface area (Å²) in [7, 11) is 0. The standard InChI is InChI=1S/C26H27ClN4O2S/c1-17-6-8-18(9-7-17)22(15-31-10-12-33-13-11-31)28-14-23-29-25(32)24-20(16-34-26(24)30-23)19-4-2-3-5-21(19)27/h2-9,16,22,28H,10-15H2,1H3,(H,29,30,32). The van der Waals surface area contributed by atoms with Crippen molar-refractivity contribution in [3.05, 3.63) is 86.2 Å². The number of aromatic amines is 1. The van der Waals surface area contributed by atoms with E-state index in [0.29, 0.717) is 22.8 Å². The number of ether oxygens (including phenoxy) is 1. The van der Waals surface area contributed by atoms with Crippen LogP contribution in [0.25, 0.3) is 21.3 Å². The maximum atomic E-state index is 13.1. The third-order valence-corrected chi connectivity index (χ3v) is 7.40. The molecule has 1 saturated heterocycles. The zero-order valence-corrected chi connectivity index (χ0v) is 20.6. The van der Waals surface area contributed by atoms with Crippen LogP contribution in [0.2, 0.25) is 5.02 Å². The number of rotatable bonds is 7. The Balaban J connectivity index is 1.39. The number of hydrogen-bond acceptors (Lipinski definition) is 6. The van der Waals surface area contributed by atoms with Crippen molar-refractivity contribution in [3.63, 3.8) is 0 Å². The molecule has 2 N–H and O–H groups in total. The average molecular weight is 495 g/mol. The molecule has 4 aromatic rings.